The molecule has 1 aliphatic rings. The number of carbonyl (C=O) groups is 1. The Kier molecular flexibility index (Phi) is 5.11. The zero-order chi connectivity index (χ0) is 21.5. The summed E-state index contributed by atoms with van der Waals surface area (Å²) < 4.78 is 25.4. The molecule has 4 rings (SSSR count). The lowest BCUT2D eigenvalue weighted by molar-refractivity contribution is -0.118. The van der Waals surface area contributed by atoms with Gasteiger partial charge in [-0.25, -0.2) is 13.4 Å². The highest BCUT2D eigenvalue weighted by atomic mass is 32.2. The van der Waals surface area contributed by atoms with E-state index in [9.17, 15) is 13.2 Å². The van der Waals surface area contributed by atoms with E-state index in [0.717, 1.165) is 27.7 Å². The third-order valence-corrected chi connectivity index (χ3v) is 7.16. The summed E-state index contributed by atoms with van der Waals surface area (Å²) in [5.74, 6) is 0.208. The molecule has 1 aliphatic heterocycles. The summed E-state index contributed by atoms with van der Waals surface area (Å²) in [6.45, 7) is 4.46. The fourth-order valence-electron chi connectivity index (χ4n) is 3.67. The average molecular weight is 425 g/mol. The number of benzene rings is 2. The number of pyridine rings is 1. The number of nitrogens with one attached hydrogen (secondary N) is 1. The molecular weight excluding hydrogens is 400 g/mol. The number of aromatic nitrogens is 1. The lowest BCUT2D eigenvalue weighted by atomic mass is 10.1. The van der Waals surface area contributed by atoms with Crippen molar-refractivity contribution in [2.75, 3.05) is 22.5 Å². The molecule has 0 saturated carbocycles. The molecule has 8 heteroatoms. The molecule has 1 atom stereocenters. The van der Waals surface area contributed by atoms with Crippen LogP contribution >= 0.6 is 0 Å². The Balaban J connectivity index is 1.81. The normalized spacial score (nSPS) is 16.5. The SMILES string of the molecule is Cc1ccc2nc(N3CCS(=O)(=O)c4ccccc4C3)cc(NC(C)C(N)=O)c2c1. The summed E-state index contributed by atoms with van der Waals surface area (Å²) in [6, 6.07) is 14.3. The lowest BCUT2D eigenvalue weighted by Crippen LogP contribution is -2.32. The smallest absolute Gasteiger partial charge is 0.239 e. The number of carbonyl (C=O) groups excluding carboxylic acids is 1. The largest absolute Gasteiger partial charge is 0.373 e. The minimum atomic E-state index is -3.35. The van der Waals surface area contributed by atoms with Crippen LogP contribution in [0.3, 0.4) is 0 Å². The topological polar surface area (TPSA) is 105 Å². The molecule has 0 aliphatic carbocycles. The maximum Gasteiger partial charge on any atom is 0.239 e. The molecule has 3 N–H and O–H groups in total. The van der Waals surface area contributed by atoms with Gasteiger partial charge in [0.25, 0.3) is 0 Å². The second kappa shape index (κ2) is 7.60. The molecule has 1 amide bonds. The van der Waals surface area contributed by atoms with Crippen molar-refractivity contribution in [2.24, 2.45) is 5.73 Å². The molecule has 2 aromatic carbocycles. The number of anilines is 2. The minimum absolute atomic E-state index is 0.0120. The number of fused-ring (bicyclic) bond motifs is 2. The molecule has 1 unspecified atom stereocenters. The van der Waals surface area contributed by atoms with E-state index in [4.69, 9.17) is 10.7 Å². The molecule has 2 heterocycles. The van der Waals surface area contributed by atoms with E-state index in [1.807, 2.05) is 48.2 Å². The predicted octanol–water partition coefficient (Wildman–Crippen LogP) is 2.62. The van der Waals surface area contributed by atoms with Gasteiger partial charge in [0.15, 0.2) is 9.84 Å². The Hall–Kier alpha value is -3.13. The molecule has 0 bridgehead atoms. The van der Waals surface area contributed by atoms with Crippen molar-refractivity contribution in [2.45, 2.75) is 31.3 Å². The number of hydrogen-bond donors (Lipinski definition) is 2. The number of nitrogens with zero attached hydrogens (tertiary/aromatic N) is 2. The molecule has 3 aromatic rings. The zero-order valence-electron chi connectivity index (χ0n) is 16.9. The fourth-order valence-corrected chi connectivity index (χ4v) is 5.17. The first-order valence-corrected chi connectivity index (χ1v) is 11.4. The van der Waals surface area contributed by atoms with Gasteiger partial charge in [0.2, 0.25) is 5.91 Å². The number of nitrogens with two attached hydrogens (primary N) is 1. The molecule has 1 aromatic heterocycles. The quantitative estimate of drug-likeness (QED) is 0.667. The predicted molar refractivity (Wildman–Crippen MR) is 118 cm³/mol. The molecule has 30 heavy (non-hydrogen) atoms. The van der Waals surface area contributed by atoms with Gasteiger partial charge >= 0.3 is 0 Å². The van der Waals surface area contributed by atoms with Crippen molar-refractivity contribution in [3.05, 3.63) is 59.7 Å². The molecule has 156 valence electrons. The van der Waals surface area contributed by atoms with Gasteiger partial charge in [0.05, 0.1) is 16.2 Å². The number of rotatable bonds is 4. The van der Waals surface area contributed by atoms with Crippen molar-refractivity contribution in [1.29, 1.82) is 0 Å². The summed E-state index contributed by atoms with van der Waals surface area (Å²) in [7, 11) is -3.35. The van der Waals surface area contributed by atoms with E-state index in [1.54, 1.807) is 19.1 Å². The Morgan fingerprint density at radius 3 is 2.73 bits per heavy atom. The van der Waals surface area contributed by atoms with Gasteiger partial charge in [-0.2, -0.15) is 0 Å². The van der Waals surface area contributed by atoms with E-state index < -0.39 is 21.8 Å². The molecule has 0 fully saturated rings. The van der Waals surface area contributed by atoms with Crippen LogP contribution in [-0.4, -0.2) is 37.6 Å². The standard InChI is InChI=1S/C22H24N4O3S/c1-14-7-8-18-17(11-14)19(24-15(2)22(23)27)12-21(25-18)26-9-10-30(28,29)20-6-4-3-5-16(20)13-26/h3-8,11-12,15H,9-10,13H2,1-2H3,(H2,23,27)(H,24,25). The first-order valence-electron chi connectivity index (χ1n) is 9.77. The van der Waals surface area contributed by atoms with Gasteiger partial charge in [-0.15, -0.1) is 0 Å². The number of sulfone groups is 1. The number of primary amides is 1. The molecule has 0 radical (unpaired) electrons. The third-order valence-electron chi connectivity index (χ3n) is 5.37. The summed E-state index contributed by atoms with van der Waals surface area (Å²) >= 11 is 0. The first-order chi connectivity index (χ1) is 14.2. The Labute approximate surface area is 175 Å². The van der Waals surface area contributed by atoms with Crippen LogP contribution in [-0.2, 0) is 21.2 Å². The Bertz CT molecular complexity index is 1240. The molecular formula is C22H24N4O3S. The Morgan fingerprint density at radius 1 is 1.20 bits per heavy atom. The lowest BCUT2D eigenvalue weighted by Gasteiger charge is -2.24. The van der Waals surface area contributed by atoms with Crippen LogP contribution in [0.2, 0.25) is 0 Å². The third kappa shape index (κ3) is 3.82. The van der Waals surface area contributed by atoms with Crippen LogP contribution in [0.25, 0.3) is 10.9 Å². The summed E-state index contributed by atoms with van der Waals surface area (Å²) in [5, 5.41) is 4.07. The van der Waals surface area contributed by atoms with Gasteiger partial charge in [0.1, 0.15) is 11.9 Å². The van der Waals surface area contributed by atoms with Crippen LogP contribution in [0, 0.1) is 6.92 Å². The fraction of sp³-hybridized carbons (Fsp3) is 0.273. The number of aryl methyl sites for hydroxylation is 1. The van der Waals surface area contributed by atoms with E-state index >= 15 is 0 Å². The van der Waals surface area contributed by atoms with E-state index in [2.05, 4.69) is 5.32 Å². The summed E-state index contributed by atoms with van der Waals surface area (Å²) in [6.07, 6.45) is 0. The van der Waals surface area contributed by atoms with Crippen molar-refractivity contribution in [3.8, 4) is 0 Å². The average Bonchev–Trinajstić information content (AvgIpc) is 2.84. The number of amides is 1. The highest BCUT2D eigenvalue weighted by molar-refractivity contribution is 7.91. The van der Waals surface area contributed by atoms with Crippen LogP contribution in [0.4, 0.5) is 11.5 Å². The highest BCUT2D eigenvalue weighted by Gasteiger charge is 2.26. The maximum atomic E-state index is 12.7. The van der Waals surface area contributed by atoms with E-state index in [0.29, 0.717) is 23.8 Å². The second-order valence-corrected chi connectivity index (χ2v) is 9.74. The second-order valence-electron chi connectivity index (χ2n) is 7.67. The van der Waals surface area contributed by atoms with Gasteiger partial charge in [-0.05, 0) is 37.6 Å². The van der Waals surface area contributed by atoms with Crippen molar-refractivity contribution in [1.82, 2.24) is 4.98 Å². The van der Waals surface area contributed by atoms with Crippen LogP contribution < -0.4 is 16.0 Å². The van der Waals surface area contributed by atoms with E-state index in [-0.39, 0.29) is 5.75 Å². The van der Waals surface area contributed by atoms with Gasteiger partial charge in [-0.3, -0.25) is 4.79 Å². The summed E-state index contributed by atoms with van der Waals surface area (Å²) in [5.41, 5.74) is 8.77. The van der Waals surface area contributed by atoms with Crippen LogP contribution in [0.1, 0.15) is 18.1 Å². The summed E-state index contributed by atoms with van der Waals surface area (Å²) in [4.78, 5) is 18.7. The zero-order valence-corrected chi connectivity index (χ0v) is 17.7. The molecule has 0 spiro atoms. The van der Waals surface area contributed by atoms with Gasteiger partial charge in [0, 0.05) is 30.2 Å². The minimum Gasteiger partial charge on any atom is -0.373 e. The van der Waals surface area contributed by atoms with Crippen LogP contribution in [0.5, 0.6) is 0 Å². The number of hydrogen-bond acceptors (Lipinski definition) is 6. The monoisotopic (exact) mass is 424 g/mol. The van der Waals surface area contributed by atoms with Crippen molar-refractivity contribution in [3.63, 3.8) is 0 Å². The highest BCUT2D eigenvalue weighted by Crippen LogP contribution is 2.31. The van der Waals surface area contributed by atoms with E-state index in [1.165, 1.54) is 0 Å². The maximum absolute atomic E-state index is 12.7. The van der Waals surface area contributed by atoms with Crippen LogP contribution in [0.15, 0.2) is 53.4 Å². The van der Waals surface area contributed by atoms with Gasteiger partial charge in [-0.1, -0.05) is 29.8 Å². The first kappa shape index (κ1) is 20.2. The Morgan fingerprint density at radius 2 is 1.97 bits per heavy atom. The van der Waals surface area contributed by atoms with Gasteiger partial charge < -0.3 is 16.0 Å². The van der Waals surface area contributed by atoms with Crippen molar-refractivity contribution < 1.29 is 13.2 Å². The van der Waals surface area contributed by atoms with Crippen molar-refractivity contribution >= 4 is 38.2 Å². The molecule has 7 nitrogen and oxygen atoms in total. The molecule has 0 saturated heterocycles.